The molecule has 82 valence electrons. The van der Waals surface area contributed by atoms with E-state index in [1.165, 1.54) is 7.11 Å². The van der Waals surface area contributed by atoms with E-state index in [0.29, 0.717) is 13.0 Å². The van der Waals surface area contributed by atoms with Crippen LogP contribution >= 0.6 is 0 Å². The number of nitrogens with one attached hydrogen (secondary N) is 2. The standard InChI is InChI=1S/C8H14F2N2O2/c1-14-7(13)11-4-6-2-3-8(9,10)5-12-6/h6,12H,2-5H2,1H3,(H,11,13)/t6-/m1/s1. The zero-order valence-electron chi connectivity index (χ0n) is 7.98. The molecular formula is C8H14F2N2O2. The summed E-state index contributed by atoms with van der Waals surface area (Å²) in [5, 5.41) is 5.13. The fourth-order valence-electron chi connectivity index (χ4n) is 1.32. The molecule has 1 atom stereocenters. The average Bonchev–Trinajstić information content (AvgIpc) is 2.16. The summed E-state index contributed by atoms with van der Waals surface area (Å²) >= 11 is 0. The third kappa shape index (κ3) is 3.45. The van der Waals surface area contributed by atoms with Crippen LogP contribution in [0.3, 0.4) is 0 Å². The molecule has 1 saturated heterocycles. The number of amides is 1. The molecule has 0 aromatic rings. The number of methoxy groups -OCH3 is 1. The average molecular weight is 208 g/mol. The molecule has 14 heavy (non-hydrogen) atoms. The molecule has 0 radical (unpaired) electrons. The van der Waals surface area contributed by atoms with E-state index < -0.39 is 12.0 Å². The van der Waals surface area contributed by atoms with E-state index in [1.54, 1.807) is 0 Å². The van der Waals surface area contributed by atoms with Crippen LogP contribution in [0.2, 0.25) is 0 Å². The monoisotopic (exact) mass is 208 g/mol. The summed E-state index contributed by atoms with van der Waals surface area (Å²) < 4.78 is 29.7. The van der Waals surface area contributed by atoms with E-state index in [-0.39, 0.29) is 19.0 Å². The van der Waals surface area contributed by atoms with E-state index in [9.17, 15) is 13.6 Å². The highest BCUT2D eigenvalue weighted by Crippen LogP contribution is 2.24. The fraction of sp³-hybridized carbons (Fsp3) is 0.875. The lowest BCUT2D eigenvalue weighted by molar-refractivity contribution is -0.0297. The van der Waals surface area contributed by atoms with Crippen LogP contribution in [0, 0.1) is 0 Å². The predicted octanol–water partition coefficient (Wildman–Crippen LogP) is 0.730. The fourth-order valence-corrected chi connectivity index (χ4v) is 1.32. The zero-order chi connectivity index (χ0) is 10.6. The van der Waals surface area contributed by atoms with Crippen LogP contribution in [0.4, 0.5) is 13.6 Å². The van der Waals surface area contributed by atoms with Crippen molar-refractivity contribution >= 4 is 6.09 Å². The second-order valence-electron chi connectivity index (χ2n) is 3.34. The third-order valence-corrected chi connectivity index (χ3v) is 2.19. The Hall–Kier alpha value is -0.910. The van der Waals surface area contributed by atoms with Crippen LogP contribution in [0.1, 0.15) is 12.8 Å². The number of piperidine rings is 1. The van der Waals surface area contributed by atoms with E-state index >= 15 is 0 Å². The first kappa shape index (κ1) is 11.2. The normalized spacial score (nSPS) is 25.5. The van der Waals surface area contributed by atoms with Gasteiger partial charge in [-0.25, -0.2) is 13.6 Å². The number of carbonyl (C=O) groups excluding carboxylic acids is 1. The number of hydrogen-bond acceptors (Lipinski definition) is 3. The molecule has 1 amide bonds. The number of carbonyl (C=O) groups is 1. The number of alkyl halides is 2. The van der Waals surface area contributed by atoms with Gasteiger partial charge in [0.25, 0.3) is 5.92 Å². The third-order valence-electron chi connectivity index (χ3n) is 2.19. The maximum atomic E-state index is 12.7. The molecule has 1 aliphatic rings. The second-order valence-corrected chi connectivity index (χ2v) is 3.34. The number of halogens is 2. The number of ether oxygens (including phenoxy) is 1. The first-order valence-corrected chi connectivity index (χ1v) is 4.46. The van der Waals surface area contributed by atoms with Crippen LogP contribution in [-0.4, -0.2) is 38.3 Å². The molecule has 0 aliphatic carbocycles. The number of rotatable bonds is 2. The SMILES string of the molecule is COC(=O)NC[C@H]1CCC(F)(F)CN1. The van der Waals surface area contributed by atoms with Crippen molar-refractivity contribution in [1.29, 1.82) is 0 Å². The maximum Gasteiger partial charge on any atom is 0.406 e. The van der Waals surface area contributed by atoms with Crippen LogP contribution < -0.4 is 10.6 Å². The molecule has 4 nitrogen and oxygen atoms in total. The van der Waals surface area contributed by atoms with Gasteiger partial charge in [-0.15, -0.1) is 0 Å². The van der Waals surface area contributed by atoms with E-state index in [4.69, 9.17) is 0 Å². The lowest BCUT2D eigenvalue weighted by Crippen LogP contribution is -2.50. The predicted molar refractivity (Wildman–Crippen MR) is 46.4 cm³/mol. The van der Waals surface area contributed by atoms with Crippen molar-refractivity contribution in [2.45, 2.75) is 24.8 Å². The van der Waals surface area contributed by atoms with Crippen molar-refractivity contribution < 1.29 is 18.3 Å². The molecule has 1 heterocycles. The van der Waals surface area contributed by atoms with Crippen LogP contribution in [0.5, 0.6) is 0 Å². The lowest BCUT2D eigenvalue weighted by atomic mass is 10.0. The number of hydrogen-bond donors (Lipinski definition) is 2. The summed E-state index contributed by atoms with van der Waals surface area (Å²) in [4.78, 5) is 10.7. The Labute approximate surface area is 81.0 Å². The van der Waals surface area contributed by atoms with Gasteiger partial charge in [-0.2, -0.15) is 0 Å². The molecule has 0 aromatic carbocycles. The summed E-state index contributed by atoms with van der Waals surface area (Å²) in [5.74, 6) is -2.61. The van der Waals surface area contributed by atoms with Gasteiger partial charge in [0.15, 0.2) is 0 Å². The highest BCUT2D eigenvalue weighted by molar-refractivity contribution is 5.66. The van der Waals surface area contributed by atoms with Crippen molar-refractivity contribution in [2.75, 3.05) is 20.2 Å². The van der Waals surface area contributed by atoms with Gasteiger partial charge in [-0.05, 0) is 6.42 Å². The summed E-state index contributed by atoms with van der Waals surface area (Å²) in [6.07, 6.45) is -0.311. The minimum absolute atomic E-state index is 0.0891. The van der Waals surface area contributed by atoms with Crippen molar-refractivity contribution in [2.24, 2.45) is 0 Å². The van der Waals surface area contributed by atoms with Gasteiger partial charge in [0.2, 0.25) is 0 Å². The molecule has 1 fully saturated rings. The van der Waals surface area contributed by atoms with Crippen LogP contribution in [0.15, 0.2) is 0 Å². The lowest BCUT2D eigenvalue weighted by Gasteiger charge is -2.29. The Kier molecular flexibility index (Phi) is 3.62. The maximum absolute atomic E-state index is 12.7. The Morgan fingerprint density at radius 2 is 2.43 bits per heavy atom. The largest absolute Gasteiger partial charge is 0.453 e. The highest BCUT2D eigenvalue weighted by atomic mass is 19.3. The molecule has 2 N–H and O–H groups in total. The smallest absolute Gasteiger partial charge is 0.406 e. The zero-order valence-corrected chi connectivity index (χ0v) is 7.98. The summed E-state index contributed by atoms with van der Waals surface area (Å²) in [7, 11) is 1.26. The summed E-state index contributed by atoms with van der Waals surface area (Å²) in [6, 6.07) is -0.0891. The Morgan fingerprint density at radius 1 is 1.71 bits per heavy atom. The molecular weight excluding hydrogens is 194 g/mol. The molecule has 6 heteroatoms. The van der Waals surface area contributed by atoms with Crippen molar-refractivity contribution in [3.8, 4) is 0 Å². The quantitative estimate of drug-likeness (QED) is 0.703. The highest BCUT2D eigenvalue weighted by Gasteiger charge is 2.34. The van der Waals surface area contributed by atoms with E-state index in [1.807, 2.05) is 0 Å². The van der Waals surface area contributed by atoms with Gasteiger partial charge in [-0.1, -0.05) is 0 Å². The first-order chi connectivity index (χ1) is 6.53. The van der Waals surface area contributed by atoms with Crippen LogP contribution in [-0.2, 0) is 4.74 Å². The second kappa shape index (κ2) is 4.54. The van der Waals surface area contributed by atoms with E-state index in [2.05, 4.69) is 15.4 Å². The molecule has 0 saturated carbocycles. The molecule has 1 rings (SSSR count). The Bertz CT molecular complexity index is 202. The van der Waals surface area contributed by atoms with Crippen LogP contribution in [0.25, 0.3) is 0 Å². The van der Waals surface area contributed by atoms with Crippen molar-refractivity contribution in [3.63, 3.8) is 0 Å². The summed E-state index contributed by atoms with van der Waals surface area (Å²) in [5.41, 5.74) is 0. The Morgan fingerprint density at radius 3 is 2.93 bits per heavy atom. The molecule has 0 unspecified atom stereocenters. The molecule has 1 aliphatic heterocycles. The Balaban J connectivity index is 2.19. The van der Waals surface area contributed by atoms with Gasteiger partial charge >= 0.3 is 6.09 Å². The van der Waals surface area contributed by atoms with Gasteiger partial charge in [0.1, 0.15) is 0 Å². The van der Waals surface area contributed by atoms with Gasteiger partial charge in [0.05, 0.1) is 13.7 Å². The van der Waals surface area contributed by atoms with Gasteiger partial charge < -0.3 is 15.4 Å². The first-order valence-electron chi connectivity index (χ1n) is 4.46. The minimum Gasteiger partial charge on any atom is -0.453 e. The van der Waals surface area contributed by atoms with Gasteiger partial charge in [-0.3, -0.25) is 0 Å². The van der Waals surface area contributed by atoms with Crippen molar-refractivity contribution in [3.05, 3.63) is 0 Å². The summed E-state index contributed by atoms with van der Waals surface area (Å²) in [6.45, 7) is 0.00325. The molecule has 0 bridgehead atoms. The van der Waals surface area contributed by atoms with E-state index in [0.717, 1.165) is 0 Å². The molecule has 0 spiro atoms. The number of alkyl carbamates (subject to hydrolysis) is 1. The topological polar surface area (TPSA) is 50.4 Å². The van der Waals surface area contributed by atoms with Crippen molar-refractivity contribution in [1.82, 2.24) is 10.6 Å². The van der Waals surface area contributed by atoms with Gasteiger partial charge in [0, 0.05) is 19.0 Å². The molecule has 0 aromatic heterocycles. The minimum atomic E-state index is -2.61.